The predicted octanol–water partition coefficient (Wildman–Crippen LogP) is 2.63. The zero-order valence-electron chi connectivity index (χ0n) is 14.3. The van der Waals surface area contributed by atoms with Crippen LogP contribution in [0.15, 0.2) is 23.2 Å². The van der Waals surface area contributed by atoms with Gasteiger partial charge in [-0.3, -0.25) is 0 Å². The molecule has 6 nitrogen and oxygen atoms in total. The lowest BCUT2D eigenvalue weighted by molar-refractivity contribution is 0.0669. The van der Waals surface area contributed by atoms with Gasteiger partial charge in [0.2, 0.25) is 10.0 Å². The van der Waals surface area contributed by atoms with Gasteiger partial charge in [0.15, 0.2) is 0 Å². The maximum absolute atomic E-state index is 12.6. The number of piperidine rings is 1. The number of sulfonamides is 1. The van der Waals surface area contributed by atoms with Gasteiger partial charge in [0, 0.05) is 32.4 Å². The molecule has 0 radical (unpaired) electrons. The number of hydrogen-bond donors (Lipinski definition) is 1. The van der Waals surface area contributed by atoms with Crippen molar-refractivity contribution in [1.29, 1.82) is 0 Å². The van der Waals surface area contributed by atoms with Crippen LogP contribution in [0.1, 0.15) is 44.9 Å². The van der Waals surface area contributed by atoms with Crippen LogP contribution in [0.4, 0.5) is 5.82 Å². The number of nitrogens with one attached hydrogen (secondary N) is 1. The fraction of sp³-hybridized carbons (Fsp3) is 0.706. The van der Waals surface area contributed by atoms with E-state index in [1.54, 1.807) is 23.5 Å². The molecule has 0 aromatic carbocycles. The van der Waals surface area contributed by atoms with E-state index in [9.17, 15) is 8.42 Å². The molecule has 2 fully saturated rings. The first-order chi connectivity index (χ1) is 11.6. The van der Waals surface area contributed by atoms with Gasteiger partial charge in [-0.2, -0.15) is 4.31 Å². The maximum Gasteiger partial charge on any atom is 0.244 e. The summed E-state index contributed by atoms with van der Waals surface area (Å²) in [6.45, 7) is 1.23. The zero-order chi connectivity index (χ0) is 17.0. The standard InChI is InChI=1S/C17H27N3O3S/c1-23-15-7-5-6-14(12-15)19-17-9-8-16(13-18-17)24(21,22)20-10-3-2-4-11-20/h8-9,13-15H,2-7,10-12H2,1H3,(H,18,19). The molecule has 24 heavy (non-hydrogen) atoms. The Hall–Kier alpha value is -1.18. The molecule has 1 aliphatic carbocycles. The lowest BCUT2D eigenvalue weighted by atomic mass is 9.93. The molecule has 7 heteroatoms. The Morgan fingerprint density at radius 3 is 2.62 bits per heavy atom. The van der Waals surface area contributed by atoms with Gasteiger partial charge in [-0.15, -0.1) is 0 Å². The van der Waals surface area contributed by atoms with Gasteiger partial charge in [-0.05, 0) is 50.7 Å². The van der Waals surface area contributed by atoms with Crippen molar-refractivity contribution in [2.75, 3.05) is 25.5 Å². The van der Waals surface area contributed by atoms with Crippen LogP contribution in [-0.4, -0.2) is 50.1 Å². The Bertz CT molecular complexity index is 627. The maximum atomic E-state index is 12.6. The van der Waals surface area contributed by atoms with E-state index in [2.05, 4.69) is 10.3 Å². The normalized spacial score (nSPS) is 26.2. The van der Waals surface area contributed by atoms with Crippen LogP contribution in [0.25, 0.3) is 0 Å². The number of pyridine rings is 1. The van der Waals surface area contributed by atoms with E-state index in [1.165, 1.54) is 6.20 Å². The molecule has 1 aromatic rings. The third-order valence-electron chi connectivity index (χ3n) is 5.00. The van der Waals surface area contributed by atoms with E-state index >= 15 is 0 Å². The van der Waals surface area contributed by atoms with Gasteiger partial charge >= 0.3 is 0 Å². The van der Waals surface area contributed by atoms with Gasteiger partial charge in [-0.1, -0.05) is 6.42 Å². The Balaban J connectivity index is 1.64. The number of hydrogen-bond acceptors (Lipinski definition) is 5. The highest BCUT2D eigenvalue weighted by molar-refractivity contribution is 7.89. The van der Waals surface area contributed by atoms with Crippen LogP contribution in [0.3, 0.4) is 0 Å². The summed E-state index contributed by atoms with van der Waals surface area (Å²) >= 11 is 0. The summed E-state index contributed by atoms with van der Waals surface area (Å²) in [4.78, 5) is 4.61. The second-order valence-corrected chi connectivity index (χ2v) is 8.65. The molecule has 0 bridgehead atoms. The monoisotopic (exact) mass is 353 g/mol. The number of nitrogens with zero attached hydrogens (tertiary/aromatic N) is 2. The summed E-state index contributed by atoms with van der Waals surface area (Å²) in [5.74, 6) is 0.731. The SMILES string of the molecule is COC1CCCC(Nc2ccc(S(=O)(=O)N3CCCCC3)cn2)C1. The van der Waals surface area contributed by atoms with E-state index in [0.717, 1.165) is 50.8 Å². The molecule has 3 rings (SSSR count). The van der Waals surface area contributed by atoms with Crippen LogP contribution in [0, 0.1) is 0 Å². The van der Waals surface area contributed by atoms with Crippen LogP contribution in [0.5, 0.6) is 0 Å². The molecule has 1 saturated heterocycles. The number of aromatic nitrogens is 1. The average molecular weight is 353 g/mol. The minimum Gasteiger partial charge on any atom is -0.381 e. The minimum atomic E-state index is -3.40. The van der Waals surface area contributed by atoms with Crippen molar-refractivity contribution in [2.24, 2.45) is 0 Å². The second-order valence-electron chi connectivity index (χ2n) is 6.71. The Labute approximate surface area is 144 Å². The molecule has 2 heterocycles. The van der Waals surface area contributed by atoms with Crippen LogP contribution in [0.2, 0.25) is 0 Å². The molecule has 1 aliphatic heterocycles. The molecule has 0 spiro atoms. The molecular weight excluding hydrogens is 326 g/mol. The van der Waals surface area contributed by atoms with E-state index < -0.39 is 10.0 Å². The highest BCUT2D eigenvalue weighted by atomic mass is 32.2. The first-order valence-corrected chi connectivity index (χ1v) is 10.3. The summed E-state index contributed by atoms with van der Waals surface area (Å²) < 4.78 is 32.3. The molecule has 2 unspecified atom stereocenters. The largest absolute Gasteiger partial charge is 0.381 e. The molecule has 134 valence electrons. The Morgan fingerprint density at radius 1 is 1.17 bits per heavy atom. The summed E-state index contributed by atoms with van der Waals surface area (Å²) in [5, 5.41) is 3.40. The molecule has 2 atom stereocenters. The minimum absolute atomic E-state index is 0.286. The third kappa shape index (κ3) is 4.07. The highest BCUT2D eigenvalue weighted by Crippen LogP contribution is 2.24. The van der Waals surface area contributed by atoms with Crippen molar-refractivity contribution in [1.82, 2.24) is 9.29 Å². The van der Waals surface area contributed by atoms with Gasteiger partial charge in [-0.25, -0.2) is 13.4 Å². The zero-order valence-corrected chi connectivity index (χ0v) is 15.1. The van der Waals surface area contributed by atoms with Crippen molar-refractivity contribution in [3.8, 4) is 0 Å². The van der Waals surface area contributed by atoms with Crippen molar-refractivity contribution < 1.29 is 13.2 Å². The van der Waals surface area contributed by atoms with Crippen molar-refractivity contribution in [2.45, 2.75) is 62.0 Å². The van der Waals surface area contributed by atoms with Crippen LogP contribution < -0.4 is 5.32 Å². The first-order valence-electron chi connectivity index (χ1n) is 8.85. The number of anilines is 1. The van der Waals surface area contributed by atoms with Gasteiger partial charge < -0.3 is 10.1 Å². The highest BCUT2D eigenvalue weighted by Gasteiger charge is 2.26. The quantitative estimate of drug-likeness (QED) is 0.881. The summed E-state index contributed by atoms with van der Waals surface area (Å²) in [5.41, 5.74) is 0. The second kappa shape index (κ2) is 7.80. The topological polar surface area (TPSA) is 71.5 Å². The summed E-state index contributed by atoms with van der Waals surface area (Å²) in [6, 6.07) is 3.77. The first kappa shape index (κ1) is 17.6. The number of rotatable bonds is 5. The van der Waals surface area contributed by atoms with E-state index in [4.69, 9.17) is 4.74 Å². The molecule has 1 aromatic heterocycles. The lowest BCUT2D eigenvalue weighted by Gasteiger charge is -2.29. The number of ether oxygens (including phenoxy) is 1. The molecule has 1 N–H and O–H groups in total. The van der Waals surface area contributed by atoms with E-state index in [0.29, 0.717) is 25.2 Å². The number of methoxy groups -OCH3 is 1. The van der Waals surface area contributed by atoms with Crippen molar-refractivity contribution in [3.05, 3.63) is 18.3 Å². The average Bonchev–Trinajstić information content (AvgIpc) is 2.63. The molecule has 2 aliphatic rings. The van der Waals surface area contributed by atoms with Crippen LogP contribution >= 0.6 is 0 Å². The van der Waals surface area contributed by atoms with Crippen molar-refractivity contribution >= 4 is 15.8 Å². The molecular formula is C17H27N3O3S. The fourth-order valence-corrected chi connectivity index (χ4v) is 5.03. The molecule has 1 saturated carbocycles. The summed E-state index contributed by atoms with van der Waals surface area (Å²) in [6.07, 6.45) is 9.06. The lowest BCUT2D eigenvalue weighted by Crippen LogP contribution is -2.35. The van der Waals surface area contributed by atoms with Gasteiger partial charge in [0.1, 0.15) is 10.7 Å². The Morgan fingerprint density at radius 2 is 1.96 bits per heavy atom. The van der Waals surface area contributed by atoms with Crippen LogP contribution in [-0.2, 0) is 14.8 Å². The van der Waals surface area contributed by atoms with Gasteiger partial charge in [0.25, 0.3) is 0 Å². The smallest absolute Gasteiger partial charge is 0.244 e. The third-order valence-corrected chi connectivity index (χ3v) is 6.88. The predicted molar refractivity (Wildman–Crippen MR) is 93.5 cm³/mol. The van der Waals surface area contributed by atoms with E-state index in [1.807, 2.05) is 0 Å². The Kier molecular flexibility index (Phi) is 5.73. The summed E-state index contributed by atoms with van der Waals surface area (Å²) in [7, 11) is -1.65. The molecule has 0 amide bonds. The van der Waals surface area contributed by atoms with Gasteiger partial charge in [0.05, 0.1) is 6.10 Å². The van der Waals surface area contributed by atoms with E-state index in [-0.39, 0.29) is 4.90 Å². The van der Waals surface area contributed by atoms with Crippen molar-refractivity contribution in [3.63, 3.8) is 0 Å². The fourth-order valence-electron chi connectivity index (χ4n) is 3.57.